The summed E-state index contributed by atoms with van der Waals surface area (Å²) < 4.78 is 0. The molecule has 1 saturated heterocycles. The van der Waals surface area contributed by atoms with E-state index < -0.39 is 0 Å². The summed E-state index contributed by atoms with van der Waals surface area (Å²) in [7, 11) is 2.05. The lowest BCUT2D eigenvalue weighted by molar-refractivity contribution is -0.384. The quantitative estimate of drug-likeness (QED) is 0.651. The molecule has 0 atom stereocenters. The Morgan fingerprint density at radius 1 is 1.35 bits per heavy atom. The minimum atomic E-state index is -0.357. The lowest BCUT2D eigenvalue weighted by atomic mass is 10.3. The summed E-state index contributed by atoms with van der Waals surface area (Å²) >= 11 is 0. The van der Waals surface area contributed by atoms with Crippen molar-refractivity contribution in [2.75, 3.05) is 50.0 Å². The molecule has 1 aliphatic rings. The normalized spacial score (nSPS) is 16.2. The van der Waals surface area contributed by atoms with Crippen molar-refractivity contribution in [3.8, 4) is 0 Å². The van der Waals surface area contributed by atoms with Gasteiger partial charge in [0, 0.05) is 38.8 Å². The van der Waals surface area contributed by atoms with Crippen LogP contribution in [0, 0.1) is 10.1 Å². The monoisotopic (exact) mass is 279 g/mol. The lowest BCUT2D eigenvalue weighted by Gasteiger charge is -2.32. The molecule has 0 saturated carbocycles. The van der Waals surface area contributed by atoms with Crippen molar-refractivity contribution < 1.29 is 4.92 Å². The van der Waals surface area contributed by atoms with Crippen LogP contribution in [-0.4, -0.2) is 54.6 Å². The number of nitrogens with one attached hydrogen (secondary N) is 1. The van der Waals surface area contributed by atoms with Crippen molar-refractivity contribution in [1.82, 2.24) is 9.88 Å². The van der Waals surface area contributed by atoms with Gasteiger partial charge in [0.2, 0.25) is 5.82 Å². The highest BCUT2D eigenvalue weighted by Gasteiger charge is 2.24. The van der Waals surface area contributed by atoms with Gasteiger partial charge in [-0.3, -0.25) is 10.1 Å². The second-order valence-corrected chi connectivity index (χ2v) is 5.01. The van der Waals surface area contributed by atoms with Crippen LogP contribution >= 0.6 is 0 Å². The molecule has 2 rings (SSSR count). The fraction of sp³-hybridized carbons (Fsp3) is 0.615. The van der Waals surface area contributed by atoms with E-state index >= 15 is 0 Å². The number of rotatable bonds is 5. The zero-order valence-electron chi connectivity index (χ0n) is 12.0. The Hall–Kier alpha value is -1.89. The second kappa shape index (κ2) is 6.51. The third-order valence-corrected chi connectivity index (χ3v) is 3.41. The van der Waals surface area contributed by atoms with E-state index in [1.54, 1.807) is 12.1 Å². The van der Waals surface area contributed by atoms with E-state index in [0.29, 0.717) is 11.6 Å². The molecule has 20 heavy (non-hydrogen) atoms. The number of nitro groups is 1. The minimum Gasteiger partial charge on any atom is -0.370 e. The Morgan fingerprint density at radius 2 is 2.05 bits per heavy atom. The van der Waals surface area contributed by atoms with Gasteiger partial charge in [-0.1, -0.05) is 6.92 Å². The van der Waals surface area contributed by atoms with Gasteiger partial charge in [-0.2, -0.15) is 0 Å². The number of piperazine rings is 1. The minimum absolute atomic E-state index is 0.0802. The first-order valence-corrected chi connectivity index (χ1v) is 6.94. The maximum atomic E-state index is 11.2. The van der Waals surface area contributed by atoms with E-state index in [9.17, 15) is 10.1 Å². The first kappa shape index (κ1) is 14.5. The standard InChI is InChI=1S/C13H21N5O2/c1-3-6-14-12-5-4-11(18(19)20)13(15-12)17-9-7-16(2)8-10-17/h4-5H,3,6-10H2,1-2H3,(H,14,15). The number of anilines is 2. The first-order valence-electron chi connectivity index (χ1n) is 6.94. The van der Waals surface area contributed by atoms with Crippen molar-refractivity contribution in [2.24, 2.45) is 0 Å². The van der Waals surface area contributed by atoms with Crippen LogP contribution < -0.4 is 10.2 Å². The van der Waals surface area contributed by atoms with Crippen molar-refractivity contribution in [3.05, 3.63) is 22.2 Å². The lowest BCUT2D eigenvalue weighted by Crippen LogP contribution is -2.45. The van der Waals surface area contributed by atoms with Crippen molar-refractivity contribution in [1.29, 1.82) is 0 Å². The molecule has 0 spiro atoms. The number of pyridine rings is 1. The Bertz CT molecular complexity index is 472. The number of hydrogen-bond acceptors (Lipinski definition) is 6. The molecule has 7 nitrogen and oxygen atoms in total. The molecule has 0 radical (unpaired) electrons. The predicted octanol–water partition coefficient (Wildman–Crippen LogP) is 1.56. The van der Waals surface area contributed by atoms with Crippen LogP contribution in [0.4, 0.5) is 17.3 Å². The molecule has 1 fully saturated rings. The van der Waals surface area contributed by atoms with Crippen LogP contribution in [0.2, 0.25) is 0 Å². The maximum absolute atomic E-state index is 11.2. The van der Waals surface area contributed by atoms with Gasteiger partial charge in [0.15, 0.2) is 0 Å². The molecule has 0 aromatic carbocycles. The van der Waals surface area contributed by atoms with Gasteiger partial charge in [-0.05, 0) is 19.5 Å². The molecule has 1 aromatic rings. The molecule has 0 unspecified atom stereocenters. The van der Waals surface area contributed by atoms with Gasteiger partial charge in [0.25, 0.3) is 0 Å². The van der Waals surface area contributed by atoms with Gasteiger partial charge in [0.05, 0.1) is 4.92 Å². The summed E-state index contributed by atoms with van der Waals surface area (Å²) in [6.45, 7) is 6.20. The number of nitrogens with zero attached hydrogens (tertiary/aromatic N) is 4. The van der Waals surface area contributed by atoms with Crippen molar-refractivity contribution in [3.63, 3.8) is 0 Å². The van der Waals surface area contributed by atoms with Crippen LogP contribution in [-0.2, 0) is 0 Å². The fourth-order valence-electron chi connectivity index (χ4n) is 2.19. The van der Waals surface area contributed by atoms with Crippen molar-refractivity contribution >= 4 is 17.3 Å². The van der Waals surface area contributed by atoms with Crippen LogP contribution in [0.1, 0.15) is 13.3 Å². The Labute approximate surface area is 118 Å². The molecule has 1 N–H and O–H groups in total. The maximum Gasteiger partial charge on any atom is 0.311 e. The SMILES string of the molecule is CCCNc1ccc([N+](=O)[O-])c(N2CCN(C)CC2)n1. The third-order valence-electron chi connectivity index (χ3n) is 3.41. The predicted molar refractivity (Wildman–Crippen MR) is 79.4 cm³/mol. The van der Waals surface area contributed by atoms with Gasteiger partial charge in [-0.15, -0.1) is 0 Å². The van der Waals surface area contributed by atoms with Gasteiger partial charge in [0.1, 0.15) is 5.82 Å². The average Bonchev–Trinajstić information content (AvgIpc) is 2.45. The topological polar surface area (TPSA) is 74.5 Å². The summed E-state index contributed by atoms with van der Waals surface area (Å²) in [5, 5.41) is 14.3. The zero-order chi connectivity index (χ0) is 14.5. The third kappa shape index (κ3) is 3.36. The molecular weight excluding hydrogens is 258 g/mol. The molecule has 110 valence electrons. The Balaban J connectivity index is 2.24. The van der Waals surface area contributed by atoms with E-state index in [1.807, 2.05) is 4.90 Å². The number of hydrogen-bond donors (Lipinski definition) is 1. The van der Waals surface area contributed by atoms with Gasteiger partial charge in [-0.25, -0.2) is 4.98 Å². The van der Waals surface area contributed by atoms with Crippen molar-refractivity contribution in [2.45, 2.75) is 13.3 Å². The summed E-state index contributed by atoms with van der Waals surface area (Å²) in [6.07, 6.45) is 0.989. The molecule has 1 aromatic heterocycles. The zero-order valence-corrected chi connectivity index (χ0v) is 12.0. The van der Waals surface area contributed by atoms with Crippen LogP contribution in [0.5, 0.6) is 0 Å². The largest absolute Gasteiger partial charge is 0.370 e. The first-order chi connectivity index (χ1) is 9.61. The van der Waals surface area contributed by atoms with Crippen LogP contribution in [0.25, 0.3) is 0 Å². The molecule has 0 amide bonds. The number of likely N-dealkylation sites (N-methyl/N-ethyl adjacent to an activating group) is 1. The molecule has 0 aliphatic carbocycles. The molecular formula is C13H21N5O2. The summed E-state index contributed by atoms with van der Waals surface area (Å²) in [6, 6.07) is 3.21. The number of aromatic nitrogens is 1. The van der Waals surface area contributed by atoms with Gasteiger partial charge >= 0.3 is 5.69 Å². The van der Waals surface area contributed by atoms with Crippen LogP contribution in [0.15, 0.2) is 12.1 Å². The smallest absolute Gasteiger partial charge is 0.311 e. The molecule has 0 bridgehead atoms. The van der Waals surface area contributed by atoms with Crippen LogP contribution in [0.3, 0.4) is 0 Å². The highest BCUT2D eigenvalue weighted by molar-refractivity contribution is 5.62. The van der Waals surface area contributed by atoms with E-state index in [4.69, 9.17) is 0 Å². The Kier molecular flexibility index (Phi) is 4.73. The molecule has 2 heterocycles. The molecule has 1 aliphatic heterocycles. The summed E-state index contributed by atoms with van der Waals surface area (Å²) in [5.41, 5.74) is 0.0802. The fourth-order valence-corrected chi connectivity index (χ4v) is 2.19. The van der Waals surface area contributed by atoms with E-state index in [1.165, 1.54) is 0 Å². The van der Waals surface area contributed by atoms with Gasteiger partial charge < -0.3 is 15.1 Å². The second-order valence-electron chi connectivity index (χ2n) is 5.01. The summed E-state index contributed by atoms with van der Waals surface area (Å²) in [4.78, 5) is 19.4. The Morgan fingerprint density at radius 3 is 2.65 bits per heavy atom. The highest BCUT2D eigenvalue weighted by Crippen LogP contribution is 2.28. The van der Waals surface area contributed by atoms with E-state index in [0.717, 1.165) is 39.1 Å². The highest BCUT2D eigenvalue weighted by atomic mass is 16.6. The van der Waals surface area contributed by atoms with E-state index in [-0.39, 0.29) is 10.6 Å². The average molecular weight is 279 g/mol. The summed E-state index contributed by atoms with van der Waals surface area (Å²) in [5.74, 6) is 1.18. The molecule has 7 heteroatoms. The van der Waals surface area contributed by atoms with E-state index in [2.05, 4.69) is 29.2 Å².